The summed E-state index contributed by atoms with van der Waals surface area (Å²) in [5.41, 5.74) is 6.24. The summed E-state index contributed by atoms with van der Waals surface area (Å²) in [5, 5.41) is 0. The summed E-state index contributed by atoms with van der Waals surface area (Å²) >= 11 is 0. The molecule has 1 atom stereocenters. The Morgan fingerprint density at radius 3 is 2.68 bits per heavy atom. The van der Waals surface area contributed by atoms with Gasteiger partial charge in [-0.3, -0.25) is 9.78 Å². The van der Waals surface area contributed by atoms with Gasteiger partial charge in [0.05, 0.1) is 6.61 Å². The number of likely N-dealkylation sites (N-methyl/N-ethyl adjacent to an activating group) is 1. The molecule has 0 aliphatic heterocycles. The van der Waals surface area contributed by atoms with Crippen molar-refractivity contribution in [2.45, 2.75) is 25.8 Å². The molecule has 2 N–H and O–H groups in total. The molecule has 19 heavy (non-hydrogen) atoms. The number of carbonyl (C=O) groups is 1. The molecular formula is C14H23N3O2. The third-order valence-electron chi connectivity index (χ3n) is 2.87. The number of esters is 1. The molecule has 0 radical (unpaired) electrons. The van der Waals surface area contributed by atoms with Crippen LogP contribution >= 0.6 is 0 Å². The lowest BCUT2D eigenvalue weighted by molar-refractivity contribution is -0.149. The first-order valence-corrected chi connectivity index (χ1v) is 6.49. The van der Waals surface area contributed by atoms with Gasteiger partial charge in [-0.15, -0.1) is 0 Å². The zero-order chi connectivity index (χ0) is 14.3. The van der Waals surface area contributed by atoms with Gasteiger partial charge in [-0.1, -0.05) is 0 Å². The van der Waals surface area contributed by atoms with Crippen molar-refractivity contribution in [3.8, 4) is 0 Å². The van der Waals surface area contributed by atoms with E-state index in [0.29, 0.717) is 13.2 Å². The number of pyridine rings is 1. The summed E-state index contributed by atoms with van der Waals surface area (Å²) in [6.07, 6.45) is 4.46. The number of ether oxygens (including phenoxy) is 1. The second kappa shape index (κ2) is 7.21. The molecule has 1 aromatic heterocycles. The highest BCUT2D eigenvalue weighted by atomic mass is 16.5. The van der Waals surface area contributed by atoms with Crippen LogP contribution in [0.2, 0.25) is 0 Å². The van der Waals surface area contributed by atoms with Gasteiger partial charge in [-0.2, -0.15) is 0 Å². The van der Waals surface area contributed by atoms with Crippen molar-refractivity contribution < 1.29 is 9.53 Å². The molecule has 1 aromatic rings. The predicted molar refractivity (Wildman–Crippen MR) is 74.7 cm³/mol. The normalized spacial score (nSPS) is 14.2. The Kier molecular flexibility index (Phi) is 5.92. The van der Waals surface area contributed by atoms with E-state index in [0.717, 1.165) is 13.0 Å². The van der Waals surface area contributed by atoms with Gasteiger partial charge in [0.1, 0.15) is 5.54 Å². The zero-order valence-corrected chi connectivity index (χ0v) is 11.9. The number of carbonyl (C=O) groups excluding carboxylic acids is 1. The Morgan fingerprint density at radius 1 is 1.47 bits per heavy atom. The molecular weight excluding hydrogens is 242 g/mol. The van der Waals surface area contributed by atoms with E-state index in [9.17, 15) is 4.79 Å². The third kappa shape index (κ3) is 5.36. The molecule has 1 rings (SSSR count). The number of rotatable bonds is 7. The molecule has 0 aliphatic carbocycles. The van der Waals surface area contributed by atoms with Crippen molar-refractivity contribution in [3.05, 3.63) is 30.1 Å². The van der Waals surface area contributed by atoms with Crippen LogP contribution in [0.5, 0.6) is 0 Å². The summed E-state index contributed by atoms with van der Waals surface area (Å²) in [5.74, 6) is -0.356. The van der Waals surface area contributed by atoms with Gasteiger partial charge in [0, 0.05) is 25.5 Å². The lowest BCUT2D eigenvalue weighted by Gasteiger charge is -2.28. The Hall–Kier alpha value is -1.46. The SMILES string of the molecule is CCOC(=O)C(C)(N)CN(C)CCc1ccncc1. The molecule has 106 valence electrons. The molecule has 0 bridgehead atoms. The molecule has 1 unspecified atom stereocenters. The van der Waals surface area contributed by atoms with E-state index in [1.807, 2.05) is 24.1 Å². The van der Waals surface area contributed by atoms with Crippen LogP contribution in [-0.2, 0) is 16.0 Å². The lowest BCUT2D eigenvalue weighted by atomic mass is 10.0. The quantitative estimate of drug-likeness (QED) is 0.740. The average molecular weight is 265 g/mol. The molecule has 0 fully saturated rings. The highest BCUT2D eigenvalue weighted by Crippen LogP contribution is 2.06. The smallest absolute Gasteiger partial charge is 0.327 e. The van der Waals surface area contributed by atoms with E-state index in [-0.39, 0.29) is 5.97 Å². The fourth-order valence-corrected chi connectivity index (χ4v) is 1.87. The minimum atomic E-state index is -0.969. The minimum Gasteiger partial charge on any atom is -0.465 e. The van der Waals surface area contributed by atoms with Gasteiger partial charge < -0.3 is 15.4 Å². The van der Waals surface area contributed by atoms with Crippen molar-refractivity contribution in [1.29, 1.82) is 0 Å². The summed E-state index contributed by atoms with van der Waals surface area (Å²) in [4.78, 5) is 17.7. The Balaban J connectivity index is 2.42. The second-order valence-electron chi connectivity index (χ2n) is 4.98. The van der Waals surface area contributed by atoms with Crippen molar-refractivity contribution in [1.82, 2.24) is 9.88 Å². The van der Waals surface area contributed by atoms with Gasteiger partial charge in [0.25, 0.3) is 0 Å². The van der Waals surface area contributed by atoms with Crippen molar-refractivity contribution >= 4 is 5.97 Å². The summed E-state index contributed by atoms with van der Waals surface area (Å²) in [7, 11) is 1.95. The van der Waals surface area contributed by atoms with Gasteiger partial charge in [-0.25, -0.2) is 0 Å². The first-order valence-electron chi connectivity index (χ1n) is 6.49. The van der Waals surface area contributed by atoms with Crippen molar-refractivity contribution in [3.63, 3.8) is 0 Å². The Bertz CT molecular complexity index is 393. The Morgan fingerprint density at radius 2 is 2.11 bits per heavy atom. The number of hydrogen-bond donors (Lipinski definition) is 1. The first kappa shape index (κ1) is 15.6. The fraction of sp³-hybridized carbons (Fsp3) is 0.571. The fourth-order valence-electron chi connectivity index (χ4n) is 1.87. The topological polar surface area (TPSA) is 68.5 Å². The summed E-state index contributed by atoms with van der Waals surface area (Å²) < 4.78 is 4.97. The minimum absolute atomic E-state index is 0.354. The standard InChI is InChI=1S/C14H23N3O2/c1-4-19-13(18)14(2,15)11-17(3)10-7-12-5-8-16-9-6-12/h5-6,8-9H,4,7,10-11,15H2,1-3H3. The molecule has 0 aliphatic rings. The van der Waals surface area contributed by atoms with Crippen LogP contribution in [0.15, 0.2) is 24.5 Å². The molecule has 0 saturated heterocycles. The monoisotopic (exact) mass is 265 g/mol. The largest absolute Gasteiger partial charge is 0.465 e. The Labute approximate surface area is 114 Å². The van der Waals surface area contributed by atoms with Crippen LogP contribution in [0.1, 0.15) is 19.4 Å². The van der Waals surface area contributed by atoms with E-state index >= 15 is 0 Å². The molecule has 5 heteroatoms. The van der Waals surface area contributed by atoms with E-state index in [1.54, 1.807) is 26.2 Å². The van der Waals surface area contributed by atoms with E-state index in [4.69, 9.17) is 10.5 Å². The highest BCUT2D eigenvalue weighted by molar-refractivity contribution is 5.80. The van der Waals surface area contributed by atoms with E-state index in [1.165, 1.54) is 5.56 Å². The van der Waals surface area contributed by atoms with Crippen LogP contribution < -0.4 is 5.73 Å². The lowest BCUT2D eigenvalue weighted by Crippen LogP contribution is -2.54. The maximum Gasteiger partial charge on any atom is 0.327 e. The maximum atomic E-state index is 11.7. The van der Waals surface area contributed by atoms with Crippen LogP contribution in [0.25, 0.3) is 0 Å². The van der Waals surface area contributed by atoms with Gasteiger partial charge in [0.2, 0.25) is 0 Å². The molecule has 1 heterocycles. The van der Waals surface area contributed by atoms with E-state index in [2.05, 4.69) is 4.98 Å². The number of nitrogens with two attached hydrogens (primary N) is 1. The number of nitrogens with zero attached hydrogens (tertiary/aromatic N) is 2. The summed E-state index contributed by atoms with van der Waals surface area (Å²) in [6.45, 7) is 5.13. The number of aromatic nitrogens is 1. The second-order valence-corrected chi connectivity index (χ2v) is 4.98. The van der Waals surface area contributed by atoms with Crippen molar-refractivity contribution in [2.24, 2.45) is 5.73 Å². The van der Waals surface area contributed by atoms with E-state index < -0.39 is 5.54 Å². The molecule has 5 nitrogen and oxygen atoms in total. The average Bonchev–Trinajstić information content (AvgIpc) is 2.37. The highest BCUT2D eigenvalue weighted by Gasteiger charge is 2.31. The molecule has 0 amide bonds. The molecule has 0 saturated carbocycles. The van der Waals surface area contributed by atoms with Crippen LogP contribution in [-0.4, -0.2) is 48.1 Å². The first-order chi connectivity index (χ1) is 8.95. The maximum absolute atomic E-state index is 11.7. The molecule has 0 spiro atoms. The predicted octanol–water partition coefficient (Wildman–Crippen LogP) is 0.836. The van der Waals surface area contributed by atoms with Gasteiger partial charge in [-0.05, 0) is 45.0 Å². The zero-order valence-electron chi connectivity index (χ0n) is 11.9. The van der Waals surface area contributed by atoms with Gasteiger partial charge in [0.15, 0.2) is 0 Å². The van der Waals surface area contributed by atoms with Crippen LogP contribution in [0.4, 0.5) is 0 Å². The van der Waals surface area contributed by atoms with Gasteiger partial charge >= 0.3 is 5.97 Å². The molecule has 0 aromatic carbocycles. The third-order valence-corrected chi connectivity index (χ3v) is 2.87. The number of hydrogen-bond acceptors (Lipinski definition) is 5. The van der Waals surface area contributed by atoms with Crippen molar-refractivity contribution in [2.75, 3.05) is 26.7 Å². The van der Waals surface area contributed by atoms with Crippen LogP contribution in [0.3, 0.4) is 0 Å². The van der Waals surface area contributed by atoms with Crippen LogP contribution in [0, 0.1) is 0 Å². The summed E-state index contributed by atoms with van der Waals surface area (Å²) in [6, 6.07) is 3.97.